The number of carbonyl (C=O) groups excluding carboxylic acids is 2. The van der Waals surface area contributed by atoms with Gasteiger partial charge in [0.25, 0.3) is 0 Å². The smallest absolute Gasteiger partial charge is 0.340 e. The number of amides is 1. The fourth-order valence-electron chi connectivity index (χ4n) is 1.72. The molecule has 0 fully saturated rings. The average Bonchev–Trinajstić information content (AvgIpc) is 2.47. The van der Waals surface area contributed by atoms with E-state index in [1.54, 1.807) is 12.1 Å². The Hall–Kier alpha value is -1.59. The molecule has 0 unspecified atom stereocenters. The lowest BCUT2D eigenvalue weighted by Crippen LogP contribution is -2.50. The van der Waals surface area contributed by atoms with Gasteiger partial charge >= 0.3 is 5.97 Å². The summed E-state index contributed by atoms with van der Waals surface area (Å²) < 4.78 is 4.67. The Balaban J connectivity index is 3.09. The topological polar surface area (TPSA) is 81.4 Å². The first-order valence-corrected chi connectivity index (χ1v) is 6.74. The van der Waals surface area contributed by atoms with Gasteiger partial charge in [0, 0.05) is 5.02 Å². The second-order valence-corrected chi connectivity index (χ2v) is 4.94. The molecule has 1 amide bonds. The van der Waals surface area contributed by atoms with Gasteiger partial charge in [-0.1, -0.05) is 25.4 Å². The minimum atomic E-state index is -0.965. The van der Waals surface area contributed by atoms with E-state index in [-0.39, 0.29) is 11.5 Å². The zero-order valence-corrected chi connectivity index (χ0v) is 12.6. The molecule has 5 nitrogen and oxygen atoms in total. The summed E-state index contributed by atoms with van der Waals surface area (Å²) in [6, 6.07) is 4.58. The van der Waals surface area contributed by atoms with Crippen molar-refractivity contribution in [3.8, 4) is 0 Å². The molecule has 0 aromatic heterocycles. The summed E-state index contributed by atoms with van der Waals surface area (Å²) in [6.07, 6.45) is 0.993. The van der Waals surface area contributed by atoms with Crippen molar-refractivity contribution in [1.29, 1.82) is 0 Å². The lowest BCUT2D eigenvalue weighted by Gasteiger charge is -2.25. The first kappa shape index (κ1) is 16.5. The summed E-state index contributed by atoms with van der Waals surface area (Å²) in [7, 11) is 1.26. The van der Waals surface area contributed by atoms with Crippen LogP contribution in [0.25, 0.3) is 0 Å². The third kappa shape index (κ3) is 3.49. The van der Waals surface area contributed by atoms with E-state index in [0.29, 0.717) is 23.6 Å². The minimum absolute atomic E-state index is 0.197. The lowest BCUT2D eigenvalue weighted by molar-refractivity contribution is -0.121. The van der Waals surface area contributed by atoms with Gasteiger partial charge in [-0.2, -0.15) is 0 Å². The van der Waals surface area contributed by atoms with Gasteiger partial charge in [0.1, 0.15) is 0 Å². The molecule has 6 heteroatoms. The number of hydrogen-bond acceptors (Lipinski definition) is 4. The number of hydrogen-bond donors (Lipinski definition) is 2. The summed E-state index contributed by atoms with van der Waals surface area (Å²) in [4.78, 5) is 23.9. The van der Waals surface area contributed by atoms with Crippen LogP contribution in [0.2, 0.25) is 5.02 Å². The monoisotopic (exact) mass is 298 g/mol. The summed E-state index contributed by atoms with van der Waals surface area (Å²) in [5.74, 6) is -0.909. The van der Waals surface area contributed by atoms with Gasteiger partial charge in [0.15, 0.2) is 0 Å². The van der Waals surface area contributed by atoms with Gasteiger partial charge in [-0.3, -0.25) is 4.79 Å². The van der Waals surface area contributed by atoms with E-state index >= 15 is 0 Å². The molecular weight excluding hydrogens is 280 g/mol. The Morgan fingerprint density at radius 2 is 1.95 bits per heavy atom. The predicted molar refractivity (Wildman–Crippen MR) is 78.9 cm³/mol. The van der Waals surface area contributed by atoms with Crippen LogP contribution in [0.3, 0.4) is 0 Å². The maximum Gasteiger partial charge on any atom is 0.340 e. The molecule has 3 N–H and O–H groups in total. The van der Waals surface area contributed by atoms with Crippen molar-refractivity contribution in [2.45, 2.75) is 32.2 Å². The van der Waals surface area contributed by atoms with E-state index in [0.717, 1.165) is 0 Å². The Labute approximate surface area is 123 Å². The molecule has 0 bridgehead atoms. The fourth-order valence-corrected chi connectivity index (χ4v) is 1.89. The lowest BCUT2D eigenvalue weighted by atomic mass is 9.93. The number of ether oxygens (including phenoxy) is 1. The zero-order chi connectivity index (χ0) is 15.3. The van der Waals surface area contributed by atoms with Gasteiger partial charge in [0.2, 0.25) is 5.91 Å². The molecule has 0 saturated carbocycles. The molecule has 1 aromatic rings. The molecule has 0 radical (unpaired) electrons. The van der Waals surface area contributed by atoms with E-state index in [2.05, 4.69) is 10.1 Å². The van der Waals surface area contributed by atoms with E-state index in [1.165, 1.54) is 13.2 Å². The predicted octanol–water partition coefficient (Wildman–Crippen LogP) is 2.58. The van der Waals surface area contributed by atoms with Crippen LogP contribution in [0.5, 0.6) is 0 Å². The van der Waals surface area contributed by atoms with E-state index in [4.69, 9.17) is 17.3 Å². The van der Waals surface area contributed by atoms with Gasteiger partial charge in [-0.15, -0.1) is 0 Å². The minimum Gasteiger partial charge on any atom is -0.465 e. The van der Waals surface area contributed by atoms with Crippen molar-refractivity contribution in [3.05, 3.63) is 28.8 Å². The van der Waals surface area contributed by atoms with E-state index in [1.807, 2.05) is 13.8 Å². The van der Waals surface area contributed by atoms with Gasteiger partial charge in [-0.05, 0) is 31.0 Å². The van der Waals surface area contributed by atoms with Crippen LogP contribution in [0.4, 0.5) is 5.69 Å². The van der Waals surface area contributed by atoms with Crippen molar-refractivity contribution in [2.75, 3.05) is 12.4 Å². The Morgan fingerprint density at radius 3 is 2.45 bits per heavy atom. The average molecular weight is 299 g/mol. The maximum absolute atomic E-state index is 12.2. The molecule has 0 saturated heterocycles. The van der Waals surface area contributed by atoms with Gasteiger partial charge in [-0.25, -0.2) is 4.79 Å². The highest BCUT2D eigenvalue weighted by Crippen LogP contribution is 2.23. The third-order valence-corrected chi connectivity index (χ3v) is 3.58. The Kier molecular flexibility index (Phi) is 5.53. The normalized spacial score (nSPS) is 11.1. The van der Waals surface area contributed by atoms with Crippen molar-refractivity contribution < 1.29 is 14.3 Å². The second kappa shape index (κ2) is 6.72. The number of methoxy groups -OCH3 is 1. The van der Waals surface area contributed by atoms with Crippen LogP contribution in [0, 0.1) is 0 Å². The summed E-state index contributed by atoms with van der Waals surface area (Å²) in [5, 5.41) is 3.05. The Bertz CT molecular complexity index is 513. The number of anilines is 1. The zero-order valence-electron chi connectivity index (χ0n) is 11.8. The van der Waals surface area contributed by atoms with Crippen molar-refractivity contribution in [1.82, 2.24) is 0 Å². The number of esters is 1. The van der Waals surface area contributed by atoms with Gasteiger partial charge < -0.3 is 15.8 Å². The number of benzene rings is 1. The molecule has 0 atom stereocenters. The number of nitrogens with two attached hydrogens (primary N) is 1. The van der Waals surface area contributed by atoms with Crippen molar-refractivity contribution >= 4 is 29.2 Å². The molecule has 0 heterocycles. The molecule has 1 aromatic carbocycles. The molecule has 0 aliphatic carbocycles. The quantitative estimate of drug-likeness (QED) is 0.819. The number of nitrogens with one attached hydrogen (secondary N) is 1. The van der Waals surface area contributed by atoms with Crippen LogP contribution in [-0.2, 0) is 9.53 Å². The maximum atomic E-state index is 12.2. The molecule has 1 rings (SSSR count). The summed E-state index contributed by atoms with van der Waals surface area (Å²) >= 11 is 5.85. The molecular formula is C14H19ClN2O3. The molecule has 0 aliphatic heterocycles. The van der Waals surface area contributed by atoms with E-state index in [9.17, 15) is 9.59 Å². The summed E-state index contributed by atoms with van der Waals surface area (Å²) in [5.41, 5.74) is 5.59. The second-order valence-electron chi connectivity index (χ2n) is 4.50. The molecule has 110 valence electrons. The molecule has 20 heavy (non-hydrogen) atoms. The first-order valence-electron chi connectivity index (χ1n) is 6.36. The van der Waals surface area contributed by atoms with Crippen LogP contribution < -0.4 is 11.1 Å². The number of halogens is 1. The SMILES string of the molecule is CCC(N)(CC)C(=O)Nc1ccc(Cl)cc1C(=O)OC. The third-order valence-electron chi connectivity index (χ3n) is 3.35. The van der Waals surface area contributed by atoms with Gasteiger partial charge in [0.05, 0.1) is 23.9 Å². The highest BCUT2D eigenvalue weighted by atomic mass is 35.5. The fraction of sp³-hybridized carbons (Fsp3) is 0.429. The van der Waals surface area contributed by atoms with E-state index < -0.39 is 11.5 Å². The van der Waals surface area contributed by atoms with Crippen LogP contribution in [0.1, 0.15) is 37.0 Å². The molecule has 0 aliphatic rings. The number of carbonyl (C=O) groups is 2. The largest absolute Gasteiger partial charge is 0.465 e. The van der Waals surface area contributed by atoms with Crippen molar-refractivity contribution in [2.24, 2.45) is 5.73 Å². The highest BCUT2D eigenvalue weighted by molar-refractivity contribution is 6.31. The van der Waals surface area contributed by atoms with Crippen LogP contribution >= 0.6 is 11.6 Å². The van der Waals surface area contributed by atoms with Crippen LogP contribution in [0.15, 0.2) is 18.2 Å². The first-order chi connectivity index (χ1) is 9.37. The highest BCUT2D eigenvalue weighted by Gasteiger charge is 2.30. The summed E-state index contributed by atoms with van der Waals surface area (Å²) in [6.45, 7) is 3.68. The standard InChI is InChI=1S/C14H19ClN2O3/c1-4-14(16,5-2)13(19)17-11-7-6-9(15)8-10(11)12(18)20-3/h6-8H,4-5,16H2,1-3H3,(H,17,19). The Morgan fingerprint density at radius 1 is 1.35 bits per heavy atom. The van der Waals surface area contributed by atoms with Crippen LogP contribution in [-0.4, -0.2) is 24.5 Å². The number of rotatable bonds is 5. The molecule has 0 spiro atoms. The van der Waals surface area contributed by atoms with Crippen molar-refractivity contribution in [3.63, 3.8) is 0 Å².